The number of rotatable bonds is 4. The van der Waals surface area contributed by atoms with E-state index in [0.717, 1.165) is 10.8 Å². The van der Waals surface area contributed by atoms with Gasteiger partial charge in [-0.15, -0.1) is 6.58 Å². The van der Waals surface area contributed by atoms with E-state index >= 15 is 0 Å². The highest BCUT2D eigenvalue weighted by Crippen LogP contribution is 2.44. The first-order chi connectivity index (χ1) is 12.3. The Morgan fingerprint density at radius 1 is 1.19 bits per heavy atom. The van der Waals surface area contributed by atoms with Gasteiger partial charge in [0, 0.05) is 5.56 Å². The van der Waals surface area contributed by atoms with Gasteiger partial charge in [0.15, 0.2) is 5.72 Å². The number of ether oxygens (including phenoxy) is 1. The lowest BCUT2D eigenvalue weighted by Gasteiger charge is -2.41. The Hall–Kier alpha value is -2.62. The molecule has 0 aliphatic carbocycles. The highest BCUT2D eigenvalue weighted by Gasteiger charge is 2.62. The third-order valence-electron chi connectivity index (χ3n) is 5.27. The van der Waals surface area contributed by atoms with Crippen LogP contribution in [-0.4, -0.2) is 28.0 Å². The molecule has 2 aromatic carbocycles. The molecule has 4 nitrogen and oxygen atoms in total. The molecule has 136 valence electrons. The number of fused-ring (bicyclic) bond motifs is 1. The van der Waals surface area contributed by atoms with Gasteiger partial charge in [-0.1, -0.05) is 56.3 Å². The van der Waals surface area contributed by atoms with Gasteiger partial charge in [-0.25, -0.2) is 4.79 Å². The molecule has 0 spiro atoms. The molecule has 0 aromatic heterocycles. The largest absolute Gasteiger partial charge is 0.438 e. The van der Waals surface area contributed by atoms with E-state index in [-0.39, 0.29) is 17.8 Å². The minimum absolute atomic E-state index is 0.117. The molecule has 0 bridgehead atoms. The average molecular weight is 351 g/mol. The summed E-state index contributed by atoms with van der Waals surface area (Å²) >= 11 is 0. The zero-order valence-corrected chi connectivity index (χ0v) is 15.8. The Morgan fingerprint density at radius 3 is 2.50 bits per heavy atom. The lowest BCUT2D eigenvalue weighted by atomic mass is 9.81. The highest BCUT2D eigenvalue weighted by atomic mass is 16.6. The monoisotopic (exact) mass is 351 g/mol. The van der Waals surface area contributed by atoms with Crippen molar-refractivity contribution in [3.05, 3.63) is 60.7 Å². The second-order valence-corrected chi connectivity index (χ2v) is 7.58. The summed E-state index contributed by atoms with van der Waals surface area (Å²) in [5.74, 6) is -0.687. The van der Waals surface area contributed by atoms with Crippen LogP contribution in [0.5, 0.6) is 0 Å². The first-order valence-electron chi connectivity index (χ1n) is 8.92. The number of amides is 1. The zero-order valence-electron chi connectivity index (χ0n) is 15.8. The maximum absolute atomic E-state index is 13.7. The molecular formula is C22H25NO3. The van der Waals surface area contributed by atoms with E-state index in [1.807, 2.05) is 56.3 Å². The second-order valence-electron chi connectivity index (χ2n) is 7.58. The molecule has 1 amide bonds. The summed E-state index contributed by atoms with van der Waals surface area (Å²) in [6.45, 7) is 11.2. The van der Waals surface area contributed by atoms with Crippen molar-refractivity contribution in [2.24, 2.45) is 5.92 Å². The topological polar surface area (TPSA) is 46.6 Å². The molecule has 0 radical (unpaired) electrons. The summed E-state index contributed by atoms with van der Waals surface area (Å²) in [6, 6.07) is 13.4. The van der Waals surface area contributed by atoms with Crippen molar-refractivity contribution in [2.45, 2.75) is 45.4 Å². The predicted molar refractivity (Wildman–Crippen MR) is 103 cm³/mol. The van der Waals surface area contributed by atoms with E-state index < -0.39 is 11.3 Å². The van der Waals surface area contributed by atoms with Crippen LogP contribution in [0, 0.1) is 5.92 Å². The second kappa shape index (κ2) is 6.27. The van der Waals surface area contributed by atoms with Crippen LogP contribution in [0.1, 0.15) is 44.5 Å². The van der Waals surface area contributed by atoms with Crippen molar-refractivity contribution >= 4 is 22.6 Å². The molecule has 0 unspecified atom stereocenters. The van der Waals surface area contributed by atoms with E-state index in [1.54, 1.807) is 24.8 Å². The van der Waals surface area contributed by atoms with E-state index in [1.165, 1.54) is 0 Å². The van der Waals surface area contributed by atoms with Gasteiger partial charge in [0.05, 0.1) is 0 Å². The fourth-order valence-corrected chi connectivity index (χ4v) is 4.01. The number of hydrogen-bond acceptors (Lipinski definition) is 3. The molecule has 1 atom stereocenters. The van der Waals surface area contributed by atoms with Crippen molar-refractivity contribution in [3.63, 3.8) is 0 Å². The van der Waals surface area contributed by atoms with E-state index in [2.05, 4.69) is 6.58 Å². The molecule has 1 aliphatic rings. The Bertz CT molecular complexity index is 879. The number of benzene rings is 2. The van der Waals surface area contributed by atoms with Gasteiger partial charge < -0.3 is 4.74 Å². The van der Waals surface area contributed by atoms with Crippen molar-refractivity contribution in [1.29, 1.82) is 0 Å². The Kier molecular flexibility index (Phi) is 4.39. The normalized spacial score (nSPS) is 21.9. The SMILES string of the molecule is C=CC[C@]1(C(C)C)C(=O)OC(C)(C)N1C(=O)c1cccc2ccccc12. The summed E-state index contributed by atoms with van der Waals surface area (Å²) in [6.07, 6.45) is 2.04. The van der Waals surface area contributed by atoms with Crippen LogP contribution >= 0.6 is 0 Å². The quantitative estimate of drug-likeness (QED) is 0.600. The number of nitrogens with zero attached hydrogens (tertiary/aromatic N) is 1. The fourth-order valence-electron chi connectivity index (χ4n) is 4.01. The molecule has 0 saturated carbocycles. The summed E-state index contributed by atoms with van der Waals surface area (Å²) in [4.78, 5) is 28.2. The van der Waals surface area contributed by atoms with E-state index in [0.29, 0.717) is 12.0 Å². The summed E-state index contributed by atoms with van der Waals surface area (Å²) in [7, 11) is 0. The van der Waals surface area contributed by atoms with Crippen LogP contribution in [0.15, 0.2) is 55.1 Å². The Labute approximate surface area is 154 Å². The van der Waals surface area contributed by atoms with Gasteiger partial charge in [0.2, 0.25) is 0 Å². The Balaban J connectivity index is 2.22. The van der Waals surface area contributed by atoms with Crippen LogP contribution in [0.25, 0.3) is 10.8 Å². The van der Waals surface area contributed by atoms with Gasteiger partial charge in [0.25, 0.3) is 5.91 Å². The van der Waals surface area contributed by atoms with Gasteiger partial charge >= 0.3 is 5.97 Å². The highest BCUT2D eigenvalue weighted by molar-refractivity contribution is 6.09. The first-order valence-corrected chi connectivity index (χ1v) is 8.92. The number of cyclic esters (lactones) is 1. The van der Waals surface area contributed by atoms with Gasteiger partial charge in [-0.05, 0) is 43.0 Å². The lowest BCUT2D eigenvalue weighted by molar-refractivity contribution is -0.150. The molecule has 2 aromatic rings. The first kappa shape index (κ1) is 18.2. The van der Waals surface area contributed by atoms with Crippen LogP contribution < -0.4 is 0 Å². The van der Waals surface area contributed by atoms with E-state index in [9.17, 15) is 9.59 Å². The number of carbonyl (C=O) groups is 2. The van der Waals surface area contributed by atoms with Crippen LogP contribution in [0.3, 0.4) is 0 Å². The summed E-state index contributed by atoms with van der Waals surface area (Å²) in [5, 5.41) is 1.85. The number of hydrogen-bond donors (Lipinski definition) is 0. The molecule has 0 N–H and O–H groups in total. The Morgan fingerprint density at radius 2 is 1.85 bits per heavy atom. The van der Waals surface area contributed by atoms with Gasteiger partial charge in [-0.2, -0.15) is 0 Å². The lowest BCUT2D eigenvalue weighted by Crippen LogP contribution is -2.59. The molecule has 1 aliphatic heterocycles. The minimum Gasteiger partial charge on any atom is -0.438 e. The molecule has 1 fully saturated rings. The molecular weight excluding hydrogens is 326 g/mol. The molecule has 4 heteroatoms. The fraction of sp³-hybridized carbons (Fsp3) is 0.364. The number of carbonyl (C=O) groups excluding carboxylic acids is 2. The minimum atomic E-state index is -1.06. The van der Waals surface area contributed by atoms with Crippen LogP contribution in [-0.2, 0) is 9.53 Å². The molecule has 26 heavy (non-hydrogen) atoms. The van der Waals surface area contributed by atoms with Crippen LogP contribution in [0.4, 0.5) is 0 Å². The average Bonchev–Trinajstić information content (AvgIpc) is 2.80. The smallest absolute Gasteiger partial charge is 0.334 e. The molecule has 3 rings (SSSR count). The summed E-state index contributed by atoms with van der Waals surface area (Å²) < 4.78 is 5.66. The predicted octanol–water partition coefficient (Wildman–Crippen LogP) is 4.55. The maximum Gasteiger partial charge on any atom is 0.334 e. The standard InChI is InChI=1S/C22H25NO3/c1-6-14-22(15(2)3)20(25)26-21(4,5)23(22)19(24)18-13-9-11-16-10-7-8-12-17(16)18/h6-13,15H,1,14H2,2-5H3/t22-/m0/s1. The van der Waals surface area contributed by atoms with Crippen molar-refractivity contribution < 1.29 is 14.3 Å². The van der Waals surface area contributed by atoms with Gasteiger partial charge in [-0.3, -0.25) is 9.69 Å². The molecule has 1 heterocycles. The van der Waals surface area contributed by atoms with Crippen molar-refractivity contribution in [3.8, 4) is 0 Å². The molecule has 1 saturated heterocycles. The zero-order chi connectivity index (χ0) is 19.1. The van der Waals surface area contributed by atoms with E-state index in [4.69, 9.17) is 4.74 Å². The van der Waals surface area contributed by atoms with Crippen molar-refractivity contribution in [2.75, 3.05) is 0 Å². The van der Waals surface area contributed by atoms with Crippen LogP contribution in [0.2, 0.25) is 0 Å². The number of esters is 1. The third-order valence-corrected chi connectivity index (χ3v) is 5.27. The maximum atomic E-state index is 13.7. The van der Waals surface area contributed by atoms with Gasteiger partial charge in [0.1, 0.15) is 5.54 Å². The summed E-state index contributed by atoms with van der Waals surface area (Å²) in [5.41, 5.74) is -1.51. The third kappa shape index (κ3) is 2.52. The van der Waals surface area contributed by atoms with Crippen molar-refractivity contribution in [1.82, 2.24) is 4.90 Å².